The average Bonchev–Trinajstić information content (AvgIpc) is 2.81. The lowest BCUT2D eigenvalue weighted by Crippen LogP contribution is -2.26. The first-order valence-corrected chi connectivity index (χ1v) is 7.37. The number of aryl methyl sites for hydroxylation is 1. The Balaban J connectivity index is 2.38. The predicted octanol–water partition coefficient (Wildman–Crippen LogP) is 2.11. The number of halogens is 1. The zero-order valence-corrected chi connectivity index (χ0v) is 13.7. The molecule has 0 bridgehead atoms. The topological polar surface area (TPSA) is 46.0 Å². The second-order valence-electron chi connectivity index (χ2n) is 5.30. The molecule has 2 aromatic rings. The lowest BCUT2D eigenvalue weighted by atomic mass is 10.0. The van der Waals surface area contributed by atoms with Crippen LogP contribution in [0.15, 0.2) is 24.5 Å². The largest absolute Gasteiger partial charge is 0.308 e. The molecule has 0 radical (unpaired) electrons. The van der Waals surface area contributed by atoms with Gasteiger partial charge in [-0.15, -0.1) is 0 Å². The molecule has 2 aromatic heterocycles. The van der Waals surface area contributed by atoms with Gasteiger partial charge in [0.2, 0.25) is 0 Å². The van der Waals surface area contributed by atoms with E-state index >= 15 is 0 Å². The van der Waals surface area contributed by atoms with Crippen LogP contribution in [-0.4, -0.2) is 47.4 Å². The first-order valence-electron chi connectivity index (χ1n) is 6.99. The van der Waals surface area contributed by atoms with Crippen LogP contribution in [0.2, 0.25) is 5.02 Å². The van der Waals surface area contributed by atoms with Gasteiger partial charge in [0.15, 0.2) is 0 Å². The van der Waals surface area contributed by atoms with Crippen LogP contribution in [0.25, 0.3) is 0 Å². The van der Waals surface area contributed by atoms with E-state index < -0.39 is 0 Å². The lowest BCUT2D eigenvalue weighted by Gasteiger charge is -2.21. The van der Waals surface area contributed by atoms with Gasteiger partial charge in [0.05, 0.1) is 29.5 Å². The molecule has 21 heavy (non-hydrogen) atoms. The van der Waals surface area contributed by atoms with Crippen LogP contribution in [0, 0.1) is 6.92 Å². The zero-order chi connectivity index (χ0) is 15.4. The maximum atomic E-state index is 6.38. The van der Waals surface area contributed by atoms with Crippen LogP contribution < -0.4 is 5.32 Å². The third-order valence-electron chi connectivity index (χ3n) is 3.51. The minimum absolute atomic E-state index is 0.0177. The van der Waals surface area contributed by atoms with Gasteiger partial charge in [-0.1, -0.05) is 17.7 Å². The molecule has 0 aliphatic heterocycles. The van der Waals surface area contributed by atoms with Gasteiger partial charge in [0.1, 0.15) is 0 Å². The normalized spacial score (nSPS) is 12.9. The predicted molar refractivity (Wildman–Crippen MR) is 85.7 cm³/mol. The van der Waals surface area contributed by atoms with Crippen LogP contribution in [0.5, 0.6) is 0 Å². The van der Waals surface area contributed by atoms with E-state index in [1.807, 2.05) is 38.8 Å². The summed E-state index contributed by atoms with van der Waals surface area (Å²) >= 11 is 6.38. The van der Waals surface area contributed by atoms with Crippen LogP contribution in [0.1, 0.15) is 23.0 Å². The van der Waals surface area contributed by atoms with Crippen LogP contribution in [-0.2, 0) is 6.54 Å². The minimum atomic E-state index is -0.0177. The van der Waals surface area contributed by atoms with Crippen molar-refractivity contribution in [3.8, 4) is 0 Å². The Morgan fingerprint density at radius 1 is 1.43 bits per heavy atom. The lowest BCUT2D eigenvalue weighted by molar-refractivity contribution is 0.366. The molecule has 0 amide bonds. The van der Waals surface area contributed by atoms with Crippen molar-refractivity contribution < 1.29 is 0 Å². The molecule has 0 fully saturated rings. The van der Waals surface area contributed by atoms with Gasteiger partial charge in [-0.25, -0.2) is 0 Å². The summed E-state index contributed by atoms with van der Waals surface area (Å²) in [7, 11) is 6.02. The number of likely N-dealkylation sites (N-methyl/N-ethyl adjacent to an activating group) is 1. The first kappa shape index (κ1) is 15.9. The Hall–Kier alpha value is -1.43. The van der Waals surface area contributed by atoms with Gasteiger partial charge in [0, 0.05) is 18.4 Å². The molecule has 1 atom stereocenters. The standard InChI is InChI=1S/C15H22ClN5/c1-11-12(6-5-7-18-11)14(17-2)15-13(16)10-19-21(15)9-8-20(3)4/h5-7,10,14,17H,8-9H2,1-4H3. The summed E-state index contributed by atoms with van der Waals surface area (Å²) in [6, 6.07) is 4.00. The number of nitrogens with one attached hydrogen (secondary N) is 1. The van der Waals surface area contributed by atoms with Gasteiger partial charge in [-0.2, -0.15) is 5.10 Å². The summed E-state index contributed by atoms with van der Waals surface area (Å²) in [5.74, 6) is 0. The highest BCUT2D eigenvalue weighted by Crippen LogP contribution is 2.29. The van der Waals surface area contributed by atoms with E-state index in [1.54, 1.807) is 12.4 Å². The smallest absolute Gasteiger partial charge is 0.0837 e. The maximum Gasteiger partial charge on any atom is 0.0837 e. The maximum absolute atomic E-state index is 6.38. The second-order valence-corrected chi connectivity index (χ2v) is 5.71. The molecule has 0 aliphatic rings. The number of aromatic nitrogens is 3. The van der Waals surface area contributed by atoms with E-state index in [0.717, 1.165) is 30.0 Å². The number of hydrogen-bond acceptors (Lipinski definition) is 4. The SMILES string of the molecule is CNC(c1cccnc1C)c1c(Cl)cnn1CCN(C)C. The van der Waals surface area contributed by atoms with E-state index in [9.17, 15) is 0 Å². The fraction of sp³-hybridized carbons (Fsp3) is 0.467. The van der Waals surface area contributed by atoms with Crippen LogP contribution >= 0.6 is 11.6 Å². The summed E-state index contributed by atoms with van der Waals surface area (Å²) in [5, 5.41) is 8.42. The molecule has 2 rings (SSSR count). The van der Waals surface area contributed by atoms with Gasteiger partial charge in [0.25, 0.3) is 0 Å². The molecule has 0 saturated heterocycles. The Kier molecular flexibility index (Phi) is 5.33. The number of rotatable bonds is 6. The highest BCUT2D eigenvalue weighted by Gasteiger charge is 2.22. The van der Waals surface area contributed by atoms with Crippen molar-refractivity contribution in [2.45, 2.75) is 19.5 Å². The molecular formula is C15H22ClN5. The van der Waals surface area contributed by atoms with Crippen molar-refractivity contribution in [3.05, 3.63) is 46.5 Å². The molecule has 1 unspecified atom stereocenters. The summed E-state index contributed by atoms with van der Waals surface area (Å²) in [5.41, 5.74) is 3.10. The van der Waals surface area contributed by atoms with Gasteiger partial charge >= 0.3 is 0 Å². The molecule has 114 valence electrons. The van der Waals surface area contributed by atoms with Crippen molar-refractivity contribution in [2.75, 3.05) is 27.7 Å². The Morgan fingerprint density at radius 2 is 2.19 bits per heavy atom. The van der Waals surface area contributed by atoms with Gasteiger partial charge in [-0.3, -0.25) is 9.67 Å². The van der Waals surface area contributed by atoms with Crippen molar-refractivity contribution in [2.24, 2.45) is 0 Å². The quantitative estimate of drug-likeness (QED) is 0.888. The van der Waals surface area contributed by atoms with E-state index in [-0.39, 0.29) is 6.04 Å². The van der Waals surface area contributed by atoms with E-state index in [0.29, 0.717) is 5.02 Å². The fourth-order valence-corrected chi connectivity index (χ4v) is 2.62. The fourth-order valence-electron chi connectivity index (χ4n) is 2.37. The summed E-state index contributed by atoms with van der Waals surface area (Å²) in [4.78, 5) is 6.50. The molecular weight excluding hydrogens is 286 g/mol. The highest BCUT2D eigenvalue weighted by atomic mass is 35.5. The molecule has 5 nitrogen and oxygen atoms in total. The molecule has 0 aromatic carbocycles. The zero-order valence-electron chi connectivity index (χ0n) is 13.0. The molecule has 6 heteroatoms. The molecule has 2 heterocycles. The molecule has 0 aliphatic carbocycles. The van der Waals surface area contributed by atoms with Crippen LogP contribution in [0.3, 0.4) is 0 Å². The summed E-state index contributed by atoms with van der Waals surface area (Å²) in [6.07, 6.45) is 3.51. The van der Waals surface area contributed by atoms with Crippen LogP contribution in [0.4, 0.5) is 0 Å². The van der Waals surface area contributed by atoms with E-state index in [4.69, 9.17) is 11.6 Å². The summed E-state index contributed by atoms with van der Waals surface area (Å²) in [6.45, 7) is 3.72. The Labute approximate surface area is 130 Å². The van der Waals surface area contributed by atoms with Crippen molar-refractivity contribution in [1.29, 1.82) is 0 Å². The highest BCUT2D eigenvalue weighted by molar-refractivity contribution is 6.31. The molecule has 0 spiro atoms. The second kappa shape index (κ2) is 7.02. The van der Waals surface area contributed by atoms with Gasteiger partial charge in [-0.05, 0) is 39.7 Å². The Morgan fingerprint density at radius 3 is 2.81 bits per heavy atom. The molecule has 0 saturated carbocycles. The number of nitrogens with zero attached hydrogens (tertiary/aromatic N) is 4. The molecule has 1 N–H and O–H groups in total. The third-order valence-corrected chi connectivity index (χ3v) is 3.80. The monoisotopic (exact) mass is 307 g/mol. The number of hydrogen-bond donors (Lipinski definition) is 1. The van der Waals surface area contributed by atoms with E-state index in [2.05, 4.69) is 26.4 Å². The summed E-state index contributed by atoms with van der Waals surface area (Å²) < 4.78 is 1.97. The van der Waals surface area contributed by atoms with Crippen molar-refractivity contribution in [1.82, 2.24) is 25.0 Å². The van der Waals surface area contributed by atoms with E-state index in [1.165, 1.54) is 0 Å². The minimum Gasteiger partial charge on any atom is -0.308 e. The third kappa shape index (κ3) is 3.61. The van der Waals surface area contributed by atoms with Crippen molar-refractivity contribution in [3.63, 3.8) is 0 Å². The number of pyridine rings is 1. The van der Waals surface area contributed by atoms with Gasteiger partial charge < -0.3 is 10.2 Å². The Bertz CT molecular complexity index is 593. The average molecular weight is 308 g/mol. The van der Waals surface area contributed by atoms with Crippen molar-refractivity contribution >= 4 is 11.6 Å². The first-order chi connectivity index (χ1) is 10.0.